The zero-order valence-electron chi connectivity index (χ0n) is 17.3. The van der Waals surface area contributed by atoms with E-state index in [0.29, 0.717) is 27.7 Å². The molecule has 1 atom stereocenters. The number of imidazole rings is 1. The first kappa shape index (κ1) is 23.2. The molecule has 0 spiro atoms. The summed E-state index contributed by atoms with van der Waals surface area (Å²) in [6, 6.07) is 1.13. The fraction of sp³-hybridized carbons (Fsp3) is 0.200. The summed E-state index contributed by atoms with van der Waals surface area (Å²) in [6.45, 7) is -0.755. The summed E-state index contributed by atoms with van der Waals surface area (Å²) < 4.78 is 119. The Kier molecular flexibility index (Phi) is 4.93. The number of hydrogen-bond donors (Lipinski definition) is 1. The normalized spacial score (nSPS) is 17.3. The highest BCUT2D eigenvalue weighted by molar-refractivity contribution is 7.88. The lowest BCUT2D eigenvalue weighted by molar-refractivity contribution is -0.0248. The number of fused-ring (bicyclic) bond motifs is 2. The minimum atomic E-state index is -4.05. The third-order valence-electron chi connectivity index (χ3n) is 5.56. The van der Waals surface area contributed by atoms with Crippen LogP contribution in [0.2, 0.25) is 0 Å². The molecule has 184 valence electrons. The Balaban J connectivity index is 1.76. The molecule has 8 nitrogen and oxygen atoms in total. The number of benzene rings is 2. The van der Waals surface area contributed by atoms with E-state index in [9.17, 15) is 39.6 Å². The van der Waals surface area contributed by atoms with E-state index in [1.165, 1.54) is 0 Å². The van der Waals surface area contributed by atoms with Crippen molar-refractivity contribution in [2.45, 2.75) is 18.5 Å². The molecule has 2 aromatic carbocycles. The average molecular weight is 518 g/mol. The molecular weight excluding hydrogens is 506 g/mol. The predicted octanol–water partition coefficient (Wildman–Crippen LogP) is 3.03. The van der Waals surface area contributed by atoms with E-state index in [1.54, 1.807) is 4.72 Å². The van der Waals surface area contributed by atoms with Crippen LogP contribution < -0.4 is 10.4 Å². The van der Waals surface area contributed by atoms with Gasteiger partial charge in [0.15, 0.2) is 23.0 Å². The quantitative estimate of drug-likeness (QED) is 0.419. The van der Waals surface area contributed by atoms with Gasteiger partial charge in [-0.3, -0.25) is 4.57 Å². The van der Waals surface area contributed by atoms with Gasteiger partial charge < -0.3 is 4.52 Å². The maximum Gasteiger partial charge on any atom is 0.334 e. The highest BCUT2D eigenvalue weighted by Gasteiger charge is 2.52. The van der Waals surface area contributed by atoms with E-state index in [1.807, 2.05) is 0 Å². The molecule has 0 unspecified atom stereocenters. The third kappa shape index (κ3) is 3.44. The maximum absolute atomic E-state index is 14.9. The molecule has 0 radical (unpaired) electrons. The summed E-state index contributed by atoms with van der Waals surface area (Å²) in [5.41, 5.74) is -4.52. The Morgan fingerprint density at radius 1 is 1.11 bits per heavy atom. The molecule has 1 N–H and O–H groups in total. The van der Waals surface area contributed by atoms with Gasteiger partial charge in [-0.1, -0.05) is 11.2 Å². The molecule has 5 rings (SSSR count). The van der Waals surface area contributed by atoms with Gasteiger partial charge in [0.1, 0.15) is 23.4 Å². The number of nitrogens with zero attached hydrogens (tertiary/aromatic N) is 3. The van der Waals surface area contributed by atoms with E-state index in [4.69, 9.17) is 4.52 Å². The summed E-state index contributed by atoms with van der Waals surface area (Å²) in [5, 5.41) is 2.99. The summed E-state index contributed by atoms with van der Waals surface area (Å²) in [7, 11) is -4.05. The number of rotatable bonds is 4. The van der Waals surface area contributed by atoms with Crippen molar-refractivity contribution in [1.29, 1.82) is 0 Å². The molecular formula is C20H12F6N4O4S. The second-order valence-corrected chi connectivity index (χ2v) is 9.65. The van der Waals surface area contributed by atoms with Crippen molar-refractivity contribution in [3.8, 4) is 16.9 Å². The Hall–Kier alpha value is -3.59. The van der Waals surface area contributed by atoms with Crippen molar-refractivity contribution in [1.82, 2.24) is 19.0 Å². The van der Waals surface area contributed by atoms with Gasteiger partial charge in [0.25, 0.3) is 0 Å². The summed E-state index contributed by atoms with van der Waals surface area (Å²) in [6.07, 6.45) is 1.29. The molecule has 0 saturated heterocycles. The average Bonchev–Trinajstić information content (AvgIpc) is 3.37. The van der Waals surface area contributed by atoms with Crippen molar-refractivity contribution in [3.63, 3.8) is 0 Å². The number of aromatic nitrogens is 3. The van der Waals surface area contributed by atoms with Gasteiger partial charge in [0.05, 0.1) is 23.8 Å². The largest absolute Gasteiger partial charge is 0.354 e. The molecule has 1 aliphatic heterocycles. The van der Waals surface area contributed by atoms with Crippen molar-refractivity contribution in [2.75, 3.05) is 6.26 Å². The van der Waals surface area contributed by atoms with Gasteiger partial charge in [0.2, 0.25) is 10.0 Å². The van der Waals surface area contributed by atoms with Crippen LogP contribution in [0.4, 0.5) is 26.3 Å². The highest BCUT2D eigenvalue weighted by Crippen LogP contribution is 2.41. The first-order valence-electron chi connectivity index (χ1n) is 9.71. The van der Waals surface area contributed by atoms with E-state index in [2.05, 4.69) is 5.16 Å². The Morgan fingerprint density at radius 3 is 2.37 bits per heavy atom. The topological polar surface area (TPSA) is 99.1 Å². The van der Waals surface area contributed by atoms with E-state index in [0.717, 1.165) is 18.2 Å². The summed E-state index contributed by atoms with van der Waals surface area (Å²) >= 11 is 0. The Labute approximate surface area is 191 Å². The van der Waals surface area contributed by atoms with Gasteiger partial charge >= 0.3 is 11.6 Å². The fourth-order valence-corrected chi connectivity index (χ4v) is 4.83. The van der Waals surface area contributed by atoms with Gasteiger partial charge in [-0.15, -0.1) is 0 Å². The lowest BCUT2D eigenvalue weighted by Crippen LogP contribution is -2.44. The molecule has 3 heterocycles. The van der Waals surface area contributed by atoms with Crippen molar-refractivity contribution < 1.29 is 39.3 Å². The highest BCUT2D eigenvalue weighted by atomic mass is 32.2. The van der Waals surface area contributed by atoms with Crippen LogP contribution in [-0.2, 0) is 22.5 Å². The molecule has 15 heteroatoms. The molecule has 4 aromatic rings. The zero-order chi connectivity index (χ0) is 25.4. The minimum absolute atomic E-state index is 0.516. The van der Waals surface area contributed by atoms with Gasteiger partial charge in [0, 0.05) is 17.8 Å². The van der Waals surface area contributed by atoms with Gasteiger partial charge in [-0.2, -0.15) is 8.78 Å². The molecule has 0 fully saturated rings. The fourth-order valence-electron chi connectivity index (χ4n) is 4.09. The SMILES string of the molecule is CS(=O)(=O)N[C@@H]1Cn2c(cn(-c3noc4cc(F)c(F)c(-c5c(F)cccc5F)c34)c2=O)C1(F)F. The molecule has 2 aromatic heterocycles. The number of halogens is 6. The smallest absolute Gasteiger partial charge is 0.334 e. The number of hydrogen-bond acceptors (Lipinski definition) is 5. The van der Waals surface area contributed by atoms with Crippen LogP contribution in [0.3, 0.4) is 0 Å². The van der Waals surface area contributed by atoms with Crippen molar-refractivity contribution in [2.24, 2.45) is 0 Å². The third-order valence-corrected chi connectivity index (χ3v) is 6.27. The first-order valence-corrected chi connectivity index (χ1v) is 11.6. The molecule has 35 heavy (non-hydrogen) atoms. The summed E-state index contributed by atoms with van der Waals surface area (Å²) in [5.74, 6) is -10.2. The van der Waals surface area contributed by atoms with E-state index >= 15 is 0 Å². The molecule has 1 aliphatic rings. The molecule has 0 amide bonds. The predicted molar refractivity (Wildman–Crippen MR) is 109 cm³/mol. The minimum Gasteiger partial charge on any atom is -0.354 e. The number of sulfonamides is 1. The Bertz CT molecular complexity index is 1670. The molecule has 0 bridgehead atoms. The van der Waals surface area contributed by atoms with Crippen molar-refractivity contribution in [3.05, 3.63) is 69.9 Å². The lowest BCUT2D eigenvalue weighted by atomic mass is 9.99. The van der Waals surface area contributed by atoms with Crippen LogP contribution in [0.15, 0.2) is 39.8 Å². The first-order chi connectivity index (χ1) is 16.3. The Morgan fingerprint density at radius 2 is 1.77 bits per heavy atom. The second kappa shape index (κ2) is 7.45. The van der Waals surface area contributed by atoms with Gasteiger partial charge in [-0.25, -0.2) is 40.1 Å². The van der Waals surface area contributed by atoms with Crippen LogP contribution in [0.1, 0.15) is 5.69 Å². The maximum atomic E-state index is 14.9. The number of nitrogens with one attached hydrogen (secondary N) is 1. The molecule has 0 aliphatic carbocycles. The summed E-state index contributed by atoms with van der Waals surface area (Å²) in [4.78, 5) is 13.0. The van der Waals surface area contributed by atoms with E-state index < -0.39 is 91.1 Å². The van der Waals surface area contributed by atoms with Gasteiger partial charge in [-0.05, 0) is 12.1 Å². The van der Waals surface area contributed by atoms with Crippen LogP contribution in [0, 0.1) is 23.3 Å². The van der Waals surface area contributed by atoms with Crippen LogP contribution in [-0.4, -0.2) is 35.0 Å². The van der Waals surface area contributed by atoms with Crippen LogP contribution in [0.5, 0.6) is 0 Å². The zero-order valence-corrected chi connectivity index (χ0v) is 18.1. The monoisotopic (exact) mass is 518 g/mol. The molecule has 0 saturated carbocycles. The second-order valence-electron chi connectivity index (χ2n) is 7.87. The van der Waals surface area contributed by atoms with Crippen molar-refractivity contribution >= 4 is 21.0 Å². The number of alkyl halides is 2. The lowest BCUT2D eigenvalue weighted by Gasteiger charge is -2.18. The van der Waals surface area contributed by atoms with Crippen LogP contribution in [0.25, 0.3) is 27.9 Å². The standard InChI is InChI=1S/C20H12F6N4O4S/c1-35(32,33)28-12-6-29-13(20(12,25)26)7-30(19(29)31)18-15-11(34-27-18)5-10(23)17(24)16(15)14-8(21)3-2-4-9(14)22/h2-5,7,12,28H,6H2,1H3/t12-/m1/s1. The van der Waals surface area contributed by atoms with E-state index in [-0.39, 0.29) is 0 Å². The van der Waals surface area contributed by atoms with Crippen LogP contribution >= 0.6 is 0 Å².